The lowest BCUT2D eigenvalue weighted by atomic mass is 10.1. The van der Waals surface area contributed by atoms with Crippen molar-refractivity contribution in [1.29, 1.82) is 0 Å². The molecule has 1 heterocycles. The predicted octanol–water partition coefficient (Wildman–Crippen LogP) is 3.73. The van der Waals surface area contributed by atoms with Gasteiger partial charge in [0.25, 0.3) is 0 Å². The van der Waals surface area contributed by atoms with Gasteiger partial charge in [0.2, 0.25) is 5.91 Å². The zero-order valence-corrected chi connectivity index (χ0v) is 15.5. The van der Waals surface area contributed by atoms with Gasteiger partial charge >= 0.3 is 0 Å². The number of benzene rings is 2. The molecule has 0 saturated heterocycles. The monoisotopic (exact) mass is 384 g/mol. The van der Waals surface area contributed by atoms with Crippen molar-refractivity contribution in [2.75, 3.05) is 5.32 Å². The molecule has 0 aliphatic heterocycles. The van der Waals surface area contributed by atoms with Crippen LogP contribution >= 0.6 is 11.8 Å². The number of amides is 1. The van der Waals surface area contributed by atoms with E-state index >= 15 is 0 Å². The number of carbonyl (C=O) groups is 2. The van der Waals surface area contributed by atoms with Crippen LogP contribution in [0.2, 0.25) is 0 Å². The van der Waals surface area contributed by atoms with Crippen molar-refractivity contribution in [1.82, 2.24) is 14.8 Å². The van der Waals surface area contributed by atoms with Crippen molar-refractivity contribution < 1.29 is 14.0 Å². The van der Waals surface area contributed by atoms with Gasteiger partial charge in [0.1, 0.15) is 12.1 Å². The standard InChI is InChI=1S/C19H17FN4O2S/c1-12(25)14-6-5-7-15(10-14)22-18(26)13(2)27-19-23-21-11-24(19)17-9-4-3-8-16(17)20/h3-11,13H,1-2H3,(H,22,26)/t13-/m0/s1. The summed E-state index contributed by atoms with van der Waals surface area (Å²) in [6.07, 6.45) is 1.40. The summed E-state index contributed by atoms with van der Waals surface area (Å²) in [6, 6.07) is 13.0. The Balaban J connectivity index is 1.73. The summed E-state index contributed by atoms with van der Waals surface area (Å²) in [4.78, 5) is 23.9. The van der Waals surface area contributed by atoms with Crippen LogP contribution in [0, 0.1) is 5.82 Å². The summed E-state index contributed by atoms with van der Waals surface area (Å²) in [7, 11) is 0. The minimum atomic E-state index is -0.513. The maximum Gasteiger partial charge on any atom is 0.237 e. The largest absolute Gasteiger partial charge is 0.325 e. The number of ketones is 1. The van der Waals surface area contributed by atoms with Gasteiger partial charge in [-0.1, -0.05) is 36.0 Å². The minimum Gasteiger partial charge on any atom is -0.325 e. The first-order chi connectivity index (χ1) is 13.0. The molecule has 0 spiro atoms. The van der Waals surface area contributed by atoms with Crippen LogP contribution in [0.3, 0.4) is 0 Å². The number of anilines is 1. The second-order valence-corrected chi connectivity index (χ2v) is 7.13. The molecule has 1 amide bonds. The molecule has 0 radical (unpaired) electrons. The normalized spacial score (nSPS) is 11.8. The number of thioether (sulfide) groups is 1. The van der Waals surface area contributed by atoms with Gasteiger partial charge in [0.15, 0.2) is 10.9 Å². The summed E-state index contributed by atoms with van der Waals surface area (Å²) < 4.78 is 15.5. The quantitative estimate of drug-likeness (QED) is 0.518. The number of Topliss-reactive ketones (excluding diaryl/α,β-unsaturated/α-hetero) is 1. The summed E-state index contributed by atoms with van der Waals surface area (Å²) >= 11 is 1.16. The van der Waals surface area contributed by atoms with Gasteiger partial charge in [-0.15, -0.1) is 10.2 Å². The van der Waals surface area contributed by atoms with Gasteiger partial charge in [-0.05, 0) is 38.1 Å². The minimum absolute atomic E-state index is 0.0773. The number of carbonyl (C=O) groups excluding carboxylic acids is 2. The number of rotatable bonds is 6. The Hall–Kier alpha value is -3.00. The lowest BCUT2D eigenvalue weighted by Gasteiger charge is -2.13. The molecule has 1 N–H and O–H groups in total. The molecule has 0 saturated carbocycles. The topological polar surface area (TPSA) is 76.9 Å². The molecular weight excluding hydrogens is 367 g/mol. The molecular formula is C19H17FN4O2S. The van der Waals surface area contributed by atoms with E-state index in [9.17, 15) is 14.0 Å². The molecule has 0 unspecified atom stereocenters. The lowest BCUT2D eigenvalue weighted by molar-refractivity contribution is -0.115. The smallest absolute Gasteiger partial charge is 0.237 e. The van der Waals surface area contributed by atoms with E-state index in [1.165, 1.54) is 23.9 Å². The van der Waals surface area contributed by atoms with Gasteiger partial charge in [-0.3, -0.25) is 14.2 Å². The Morgan fingerprint density at radius 3 is 2.70 bits per heavy atom. The zero-order valence-electron chi connectivity index (χ0n) is 14.7. The number of halogens is 1. The van der Waals surface area contributed by atoms with Crippen LogP contribution in [0.1, 0.15) is 24.2 Å². The summed E-state index contributed by atoms with van der Waals surface area (Å²) in [6.45, 7) is 3.18. The van der Waals surface area contributed by atoms with Gasteiger partial charge in [0.05, 0.1) is 10.9 Å². The first-order valence-corrected chi connectivity index (χ1v) is 9.07. The Labute approximate surface area is 159 Å². The summed E-state index contributed by atoms with van der Waals surface area (Å²) in [5.41, 5.74) is 1.37. The first-order valence-electron chi connectivity index (χ1n) is 8.19. The van der Waals surface area contributed by atoms with E-state index in [0.29, 0.717) is 22.1 Å². The second kappa shape index (κ2) is 8.13. The SMILES string of the molecule is CC(=O)c1cccc(NC(=O)[C@H](C)Sc2nncn2-c2ccccc2F)c1. The van der Waals surface area contributed by atoms with E-state index in [1.807, 2.05) is 0 Å². The molecule has 1 aromatic heterocycles. The van der Waals surface area contributed by atoms with Crippen LogP contribution in [-0.2, 0) is 4.79 Å². The molecule has 138 valence electrons. The van der Waals surface area contributed by atoms with Crippen molar-refractivity contribution in [3.05, 3.63) is 66.2 Å². The van der Waals surface area contributed by atoms with Gasteiger partial charge in [-0.2, -0.15) is 0 Å². The average molecular weight is 384 g/mol. The fourth-order valence-corrected chi connectivity index (χ4v) is 3.22. The molecule has 0 aliphatic rings. The Morgan fingerprint density at radius 2 is 1.96 bits per heavy atom. The number of para-hydroxylation sites is 1. The Kier molecular flexibility index (Phi) is 5.66. The Morgan fingerprint density at radius 1 is 1.19 bits per heavy atom. The highest BCUT2D eigenvalue weighted by atomic mass is 32.2. The predicted molar refractivity (Wildman–Crippen MR) is 102 cm³/mol. The molecule has 6 nitrogen and oxygen atoms in total. The van der Waals surface area contributed by atoms with Crippen LogP contribution in [-0.4, -0.2) is 31.7 Å². The van der Waals surface area contributed by atoms with Crippen LogP contribution in [0.15, 0.2) is 60.0 Å². The van der Waals surface area contributed by atoms with E-state index in [-0.39, 0.29) is 11.7 Å². The van der Waals surface area contributed by atoms with Crippen LogP contribution < -0.4 is 5.32 Å². The number of hydrogen-bond donors (Lipinski definition) is 1. The van der Waals surface area contributed by atoms with Crippen LogP contribution in [0.5, 0.6) is 0 Å². The molecule has 0 aliphatic carbocycles. The molecule has 8 heteroatoms. The third-order valence-corrected chi connectivity index (χ3v) is 4.87. The van der Waals surface area contributed by atoms with E-state index in [1.54, 1.807) is 49.4 Å². The summed E-state index contributed by atoms with van der Waals surface area (Å²) in [5, 5.41) is 10.5. The highest BCUT2D eigenvalue weighted by Gasteiger charge is 2.19. The molecule has 1 atom stereocenters. The fourth-order valence-electron chi connectivity index (χ4n) is 2.39. The zero-order chi connectivity index (χ0) is 19.4. The molecule has 2 aromatic carbocycles. The van der Waals surface area contributed by atoms with Crippen LogP contribution in [0.25, 0.3) is 5.69 Å². The molecule has 0 bridgehead atoms. The third kappa shape index (κ3) is 4.40. The second-order valence-electron chi connectivity index (χ2n) is 5.82. The number of nitrogens with one attached hydrogen (secondary N) is 1. The average Bonchev–Trinajstić information content (AvgIpc) is 3.10. The first kappa shape index (κ1) is 18.8. The van der Waals surface area contributed by atoms with Crippen molar-refractivity contribution >= 4 is 29.1 Å². The highest BCUT2D eigenvalue weighted by Crippen LogP contribution is 2.26. The Bertz CT molecular complexity index is 989. The lowest BCUT2D eigenvalue weighted by Crippen LogP contribution is -2.23. The van der Waals surface area contributed by atoms with Crippen molar-refractivity contribution in [3.63, 3.8) is 0 Å². The van der Waals surface area contributed by atoms with E-state index in [0.717, 1.165) is 11.8 Å². The van der Waals surface area contributed by atoms with Gasteiger partial charge in [-0.25, -0.2) is 4.39 Å². The molecule has 3 aromatic rings. The van der Waals surface area contributed by atoms with Gasteiger partial charge in [0, 0.05) is 11.3 Å². The maximum atomic E-state index is 14.0. The van der Waals surface area contributed by atoms with E-state index in [4.69, 9.17) is 0 Å². The molecule has 0 fully saturated rings. The van der Waals surface area contributed by atoms with Crippen molar-refractivity contribution in [2.45, 2.75) is 24.3 Å². The molecule has 3 rings (SSSR count). The maximum absolute atomic E-state index is 14.0. The number of nitrogens with zero attached hydrogens (tertiary/aromatic N) is 3. The highest BCUT2D eigenvalue weighted by molar-refractivity contribution is 8.00. The number of hydrogen-bond acceptors (Lipinski definition) is 5. The fraction of sp³-hybridized carbons (Fsp3) is 0.158. The van der Waals surface area contributed by atoms with E-state index < -0.39 is 11.1 Å². The number of aromatic nitrogens is 3. The van der Waals surface area contributed by atoms with E-state index in [2.05, 4.69) is 15.5 Å². The van der Waals surface area contributed by atoms with Gasteiger partial charge < -0.3 is 5.32 Å². The molecule has 27 heavy (non-hydrogen) atoms. The van der Waals surface area contributed by atoms with Crippen molar-refractivity contribution in [3.8, 4) is 5.69 Å². The third-order valence-electron chi connectivity index (χ3n) is 3.82. The van der Waals surface area contributed by atoms with Crippen molar-refractivity contribution in [2.24, 2.45) is 0 Å². The van der Waals surface area contributed by atoms with Crippen LogP contribution in [0.4, 0.5) is 10.1 Å². The summed E-state index contributed by atoms with van der Waals surface area (Å²) in [5.74, 6) is -0.743.